The van der Waals surface area contributed by atoms with E-state index in [-0.39, 0.29) is 18.2 Å². The molecule has 0 saturated carbocycles. The molecule has 0 atom stereocenters. The molecule has 3 aromatic carbocycles. The fourth-order valence-electron chi connectivity index (χ4n) is 3.15. The molecule has 0 fully saturated rings. The van der Waals surface area contributed by atoms with Crippen LogP contribution in [0.1, 0.15) is 23.6 Å². The molecule has 0 aromatic heterocycles. The summed E-state index contributed by atoms with van der Waals surface area (Å²) in [5, 5.41) is 1.44. The van der Waals surface area contributed by atoms with Crippen LogP contribution >= 0.6 is 34.8 Å². The Morgan fingerprint density at radius 3 is 2.55 bits per heavy atom. The molecule has 8 heteroatoms. The lowest BCUT2D eigenvalue weighted by Gasteiger charge is -2.15. The number of rotatable bonds is 7. The molecule has 3 aromatic rings. The highest BCUT2D eigenvalue weighted by molar-refractivity contribution is 6.32. The van der Waals surface area contributed by atoms with Crippen LogP contribution in [0.4, 0.5) is 0 Å². The molecule has 1 heterocycles. The number of nitrogens with zero attached hydrogens (tertiary/aromatic N) is 1. The second-order valence-electron chi connectivity index (χ2n) is 6.99. The van der Waals surface area contributed by atoms with Crippen LogP contribution in [0.2, 0.25) is 15.1 Å². The van der Waals surface area contributed by atoms with Gasteiger partial charge < -0.3 is 14.2 Å². The number of halogens is 3. The van der Waals surface area contributed by atoms with E-state index in [0.29, 0.717) is 44.3 Å². The summed E-state index contributed by atoms with van der Waals surface area (Å²) in [4.78, 5) is 16.7. The Morgan fingerprint density at radius 1 is 0.970 bits per heavy atom. The van der Waals surface area contributed by atoms with Crippen molar-refractivity contribution in [1.29, 1.82) is 0 Å². The first-order valence-corrected chi connectivity index (χ1v) is 11.2. The van der Waals surface area contributed by atoms with Crippen LogP contribution in [0.15, 0.2) is 71.4 Å². The first-order valence-electron chi connectivity index (χ1n) is 10.1. The van der Waals surface area contributed by atoms with Crippen molar-refractivity contribution >= 4 is 52.7 Å². The van der Waals surface area contributed by atoms with Crippen LogP contribution in [0.5, 0.6) is 11.5 Å². The van der Waals surface area contributed by atoms with E-state index in [4.69, 9.17) is 49.0 Å². The number of aliphatic imine (C=N–C) groups is 1. The van der Waals surface area contributed by atoms with Crippen LogP contribution in [-0.2, 0) is 16.1 Å². The Labute approximate surface area is 206 Å². The van der Waals surface area contributed by atoms with E-state index in [0.717, 1.165) is 5.56 Å². The van der Waals surface area contributed by atoms with E-state index < -0.39 is 5.97 Å². The van der Waals surface area contributed by atoms with Crippen molar-refractivity contribution in [2.75, 3.05) is 6.61 Å². The molecule has 168 valence electrons. The summed E-state index contributed by atoms with van der Waals surface area (Å²) in [6.45, 7) is 2.48. The molecule has 0 unspecified atom stereocenters. The monoisotopic (exact) mass is 501 g/mol. The van der Waals surface area contributed by atoms with Crippen LogP contribution in [0.3, 0.4) is 0 Å². The fraction of sp³-hybridized carbons (Fsp3) is 0.120. The summed E-state index contributed by atoms with van der Waals surface area (Å²) in [6.07, 6.45) is 1.58. The smallest absolute Gasteiger partial charge is 0.363 e. The zero-order valence-electron chi connectivity index (χ0n) is 17.5. The Bertz CT molecular complexity index is 1270. The van der Waals surface area contributed by atoms with Gasteiger partial charge in [-0.25, -0.2) is 9.79 Å². The SMILES string of the molecule is CCOc1cc(/C=C2\N=C(c3cccc(Cl)c3)OC2=O)cc(Cl)c1OCc1ccccc1Cl. The van der Waals surface area contributed by atoms with Gasteiger partial charge in [0.05, 0.1) is 11.6 Å². The summed E-state index contributed by atoms with van der Waals surface area (Å²) in [6, 6.07) is 17.7. The van der Waals surface area contributed by atoms with Gasteiger partial charge in [0.25, 0.3) is 0 Å². The minimum Gasteiger partial charge on any atom is -0.490 e. The summed E-state index contributed by atoms with van der Waals surface area (Å²) in [5.41, 5.74) is 2.17. The maximum Gasteiger partial charge on any atom is 0.363 e. The van der Waals surface area contributed by atoms with Crippen LogP contribution in [-0.4, -0.2) is 18.5 Å². The molecule has 0 bridgehead atoms. The zero-order valence-corrected chi connectivity index (χ0v) is 19.7. The molecule has 5 nitrogen and oxygen atoms in total. The molecular formula is C25H18Cl3NO4. The molecule has 0 aliphatic carbocycles. The van der Waals surface area contributed by atoms with E-state index in [1.54, 1.807) is 48.5 Å². The molecule has 4 rings (SSSR count). The van der Waals surface area contributed by atoms with Crippen molar-refractivity contribution in [3.63, 3.8) is 0 Å². The summed E-state index contributed by atoms with van der Waals surface area (Å²) >= 11 is 18.7. The number of hydrogen-bond donors (Lipinski definition) is 0. The van der Waals surface area contributed by atoms with Crippen molar-refractivity contribution in [1.82, 2.24) is 0 Å². The van der Waals surface area contributed by atoms with Gasteiger partial charge >= 0.3 is 5.97 Å². The summed E-state index contributed by atoms with van der Waals surface area (Å²) in [7, 11) is 0. The standard InChI is InChI=1S/C25H18Cl3NO4/c1-2-31-22-12-15(10-20(28)23(22)32-14-17-6-3-4-9-19(17)27)11-21-25(30)33-24(29-21)16-7-5-8-18(26)13-16/h3-13H,2,14H2,1H3/b21-11-. The number of cyclic esters (lactones) is 1. The van der Waals surface area contributed by atoms with Crippen LogP contribution < -0.4 is 9.47 Å². The van der Waals surface area contributed by atoms with Gasteiger partial charge in [0.2, 0.25) is 5.90 Å². The van der Waals surface area contributed by atoms with E-state index in [2.05, 4.69) is 4.99 Å². The van der Waals surface area contributed by atoms with E-state index in [9.17, 15) is 4.79 Å². The number of ether oxygens (including phenoxy) is 3. The van der Waals surface area contributed by atoms with Gasteiger partial charge in [-0.1, -0.05) is 59.1 Å². The van der Waals surface area contributed by atoms with Crippen LogP contribution in [0, 0.1) is 0 Å². The molecule has 0 radical (unpaired) electrons. The maximum atomic E-state index is 12.4. The number of carbonyl (C=O) groups is 1. The third kappa shape index (κ3) is 5.50. The van der Waals surface area contributed by atoms with Gasteiger partial charge in [-0.05, 0) is 55.0 Å². The number of esters is 1. The molecule has 0 amide bonds. The Balaban J connectivity index is 1.62. The minimum atomic E-state index is -0.571. The van der Waals surface area contributed by atoms with Crippen molar-refractivity contribution in [3.05, 3.63) is 98.1 Å². The van der Waals surface area contributed by atoms with Gasteiger partial charge in [0.1, 0.15) is 6.61 Å². The van der Waals surface area contributed by atoms with Gasteiger partial charge in [-0.3, -0.25) is 0 Å². The normalized spacial score (nSPS) is 14.2. The van der Waals surface area contributed by atoms with Gasteiger partial charge in [-0.15, -0.1) is 0 Å². The first-order chi connectivity index (χ1) is 15.9. The highest BCUT2D eigenvalue weighted by atomic mass is 35.5. The maximum absolute atomic E-state index is 12.4. The van der Waals surface area contributed by atoms with E-state index >= 15 is 0 Å². The Morgan fingerprint density at radius 2 is 1.79 bits per heavy atom. The van der Waals surface area contributed by atoms with Gasteiger partial charge in [-0.2, -0.15) is 0 Å². The topological polar surface area (TPSA) is 57.1 Å². The lowest BCUT2D eigenvalue weighted by Crippen LogP contribution is -2.05. The first kappa shape index (κ1) is 23.2. The quantitative estimate of drug-likeness (QED) is 0.259. The zero-order chi connectivity index (χ0) is 23.4. The van der Waals surface area contributed by atoms with Crippen molar-refractivity contribution in [3.8, 4) is 11.5 Å². The second kappa shape index (κ2) is 10.3. The molecule has 1 aliphatic rings. The van der Waals surface area contributed by atoms with Crippen molar-refractivity contribution in [2.45, 2.75) is 13.5 Å². The lowest BCUT2D eigenvalue weighted by atomic mass is 10.1. The largest absolute Gasteiger partial charge is 0.490 e. The fourth-order valence-corrected chi connectivity index (χ4v) is 3.81. The third-order valence-electron chi connectivity index (χ3n) is 4.66. The highest BCUT2D eigenvalue weighted by Crippen LogP contribution is 2.38. The van der Waals surface area contributed by atoms with E-state index in [1.165, 1.54) is 0 Å². The molecule has 0 N–H and O–H groups in total. The predicted molar refractivity (Wildman–Crippen MR) is 130 cm³/mol. The van der Waals surface area contributed by atoms with Crippen molar-refractivity contribution < 1.29 is 19.0 Å². The second-order valence-corrected chi connectivity index (χ2v) is 8.24. The summed E-state index contributed by atoms with van der Waals surface area (Å²) in [5.74, 6) is 0.440. The van der Waals surface area contributed by atoms with E-state index in [1.807, 2.05) is 25.1 Å². The predicted octanol–water partition coefficient (Wildman–Crippen LogP) is 6.97. The lowest BCUT2D eigenvalue weighted by molar-refractivity contribution is -0.129. The minimum absolute atomic E-state index is 0.133. The van der Waals surface area contributed by atoms with Crippen molar-refractivity contribution in [2.24, 2.45) is 4.99 Å². The molecule has 33 heavy (non-hydrogen) atoms. The highest BCUT2D eigenvalue weighted by Gasteiger charge is 2.25. The molecule has 0 spiro atoms. The Kier molecular flexibility index (Phi) is 7.23. The summed E-state index contributed by atoms with van der Waals surface area (Å²) < 4.78 is 17.0. The van der Waals surface area contributed by atoms with Gasteiger partial charge in [0, 0.05) is 21.2 Å². The molecule has 1 aliphatic heterocycles. The Hall–Kier alpha value is -2.99. The third-order valence-corrected chi connectivity index (χ3v) is 5.54. The number of carbonyl (C=O) groups excluding carboxylic acids is 1. The van der Waals surface area contributed by atoms with Gasteiger partial charge in [0.15, 0.2) is 17.2 Å². The molecule has 0 saturated heterocycles. The average molecular weight is 503 g/mol. The average Bonchev–Trinajstić information content (AvgIpc) is 3.15. The van der Waals surface area contributed by atoms with Crippen LogP contribution in [0.25, 0.3) is 6.08 Å². The number of hydrogen-bond acceptors (Lipinski definition) is 5. The molecular weight excluding hydrogens is 485 g/mol. The number of benzene rings is 3.